The van der Waals surface area contributed by atoms with E-state index in [4.69, 9.17) is 22.6 Å². The Labute approximate surface area is 60.3 Å². The number of ether oxygens (including phenoxy) is 1. The van der Waals surface area contributed by atoms with Crippen LogP contribution in [0.3, 0.4) is 0 Å². The average Bonchev–Trinajstić information content (AvgIpc) is 1.87. The molecule has 0 saturated carbocycles. The van der Waals surface area contributed by atoms with Gasteiger partial charge in [-0.15, -0.1) is 6.42 Å². The molecule has 0 unspecified atom stereocenters. The van der Waals surface area contributed by atoms with E-state index in [1.807, 2.05) is 0 Å². The standard InChI is InChI=1S/C6H11N3O/c1-2-4-10-5-3-9-6(7)8/h1H,3-5H2,(H4,7,8,9). The van der Waals surface area contributed by atoms with Crippen LogP contribution in [0.1, 0.15) is 0 Å². The summed E-state index contributed by atoms with van der Waals surface area (Å²) in [5.74, 6) is 2.40. The lowest BCUT2D eigenvalue weighted by Gasteiger charge is -1.95. The smallest absolute Gasteiger partial charge is 0.185 e. The Morgan fingerprint density at radius 2 is 2.30 bits per heavy atom. The quantitative estimate of drug-likeness (QED) is 0.226. The van der Waals surface area contributed by atoms with Crippen molar-refractivity contribution in [1.82, 2.24) is 0 Å². The number of aliphatic imine (C=N–C) groups is 1. The zero-order chi connectivity index (χ0) is 7.82. The van der Waals surface area contributed by atoms with E-state index in [1.165, 1.54) is 0 Å². The molecule has 4 nitrogen and oxygen atoms in total. The van der Waals surface area contributed by atoms with E-state index in [-0.39, 0.29) is 5.96 Å². The molecule has 0 amide bonds. The minimum atomic E-state index is 0.0734. The van der Waals surface area contributed by atoms with Gasteiger partial charge in [-0.3, -0.25) is 4.99 Å². The second-order valence-electron chi connectivity index (χ2n) is 1.56. The van der Waals surface area contributed by atoms with Gasteiger partial charge in [0.1, 0.15) is 6.61 Å². The first kappa shape index (κ1) is 8.79. The maximum Gasteiger partial charge on any atom is 0.185 e. The van der Waals surface area contributed by atoms with Gasteiger partial charge in [0.15, 0.2) is 5.96 Å². The zero-order valence-corrected chi connectivity index (χ0v) is 5.71. The normalized spacial score (nSPS) is 8.30. The van der Waals surface area contributed by atoms with E-state index in [2.05, 4.69) is 10.9 Å². The summed E-state index contributed by atoms with van der Waals surface area (Å²) in [7, 11) is 0. The van der Waals surface area contributed by atoms with Crippen LogP contribution in [0.15, 0.2) is 4.99 Å². The summed E-state index contributed by atoms with van der Waals surface area (Å²) in [5, 5.41) is 0. The van der Waals surface area contributed by atoms with Crippen LogP contribution < -0.4 is 11.5 Å². The summed E-state index contributed by atoms with van der Waals surface area (Å²) >= 11 is 0. The summed E-state index contributed by atoms with van der Waals surface area (Å²) in [6, 6.07) is 0. The molecule has 0 heterocycles. The molecule has 0 spiro atoms. The third-order valence-electron chi connectivity index (χ3n) is 0.715. The molecule has 0 aromatic rings. The molecule has 0 rings (SSSR count). The highest BCUT2D eigenvalue weighted by Gasteiger charge is 1.82. The maximum absolute atomic E-state index is 5.04. The molecule has 4 N–H and O–H groups in total. The van der Waals surface area contributed by atoms with Crippen LogP contribution >= 0.6 is 0 Å². The molecule has 0 bridgehead atoms. The van der Waals surface area contributed by atoms with E-state index in [0.717, 1.165) is 0 Å². The molecule has 4 heteroatoms. The van der Waals surface area contributed by atoms with Crippen LogP contribution in [0.4, 0.5) is 0 Å². The molecule has 0 aliphatic heterocycles. The first-order valence-corrected chi connectivity index (χ1v) is 2.84. The van der Waals surface area contributed by atoms with Crippen molar-refractivity contribution < 1.29 is 4.74 Å². The van der Waals surface area contributed by atoms with Crippen molar-refractivity contribution >= 4 is 5.96 Å². The molecule has 0 aliphatic rings. The van der Waals surface area contributed by atoms with Gasteiger partial charge in [0.05, 0.1) is 13.2 Å². The van der Waals surface area contributed by atoms with Crippen molar-refractivity contribution in [1.29, 1.82) is 0 Å². The van der Waals surface area contributed by atoms with Crippen LogP contribution in [0.2, 0.25) is 0 Å². The van der Waals surface area contributed by atoms with Crippen LogP contribution in [-0.2, 0) is 4.74 Å². The third kappa shape index (κ3) is 6.79. The summed E-state index contributed by atoms with van der Waals surface area (Å²) in [6.45, 7) is 1.23. The minimum absolute atomic E-state index is 0.0734. The SMILES string of the molecule is C#CCOCCN=C(N)N. The van der Waals surface area contributed by atoms with Crippen molar-refractivity contribution in [2.45, 2.75) is 0 Å². The van der Waals surface area contributed by atoms with E-state index < -0.39 is 0 Å². The van der Waals surface area contributed by atoms with Gasteiger partial charge in [-0.1, -0.05) is 5.92 Å². The zero-order valence-electron chi connectivity index (χ0n) is 5.71. The number of hydrogen-bond acceptors (Lipinski definition) is 2. The highest BCUT2D eigenvalue weighted by Crippen LogP contribution is 1.73. The lowest BCUT2D eigenvalue weighted by atomic mass is 10.7. The fraction of sp³-hybridized carbons (Fsp3) is 0.500. The predicted octanol–water partition coefficient (Wildman–Crippen LogP) is -1.09. The molecular formula is C6H11N3O. The summed E-state index contributed by atoms with van der Waals surface area (Å²) in [4.78, 5) is 3.68. The van der Waals surface area contributed by atoms with Gasteiger partial charge in [0, 0.05) is 0 Å². The Bertz CT molecular complexity index is 144. The highest BCUT2D eigenvalue weighted by atomic mass is 16.5. The lowest BCUT2D eigenvalue weighted by molar-refractivity contribution is 0.176. The Kier molecular flexibility index (Phi) is 5.20. The van der Waals surface area contributed by atoms with Crippen molar-refractivity contribution in [3.63, 3.8) is 0 Å². The highest BCUT2D eigenvalue weighted by molar-refractivity contribution is 5.75. The van der Waals surface area contributed by atoms with Crippen molar-refractivity contribution in [3.8, 4) is 12.3 Å². The van der Waals surface area contributed by atoms with Crippen molar-refractivity contribution in [2.75, 3.05) is 19.8 Å². The number of guanidine groups is 1. The maximum atomic E-state index is 5.04. The molecule has 56 valence electrons. The Hall–Kier alpha value is -1.21. The largest absolute Gasteiger partial charge is 0.370 e. The van der Waals surface area contributed by atoms with Gasteiger partial charge >= 0.3 is 0 Å². The Balaban J connectivity index is 3.07. The fourth-order valence-electron chi connectivity index (χ4n) is 0.370. The van der Waals surface area contributed by atoms with Gasteiger partial charge < -0.3 is 16.2 Å². The third-order valence-corrected chi connectivity index (χ3v) is 0.715. The lowest BCUT2D eigenvalue weighted by Crippen LogP contribution is -2.23. The van der Waals surface area contributed by atoms with Crippen molar-refractivity contribution in [3.05, 3.63) is 0 Å². The topological polar surface area (TPSA) is 73.6 Å². The Morgan fingerprint density at radius 1 is 1.60 bits per heavy atom. The van der Waals surface area contributed by atoms with Gasteiger partial charge in [-0.25, -0.2) is 0 Å². The number of hydrogen-bond donors (Lipinski definition) is 2. The molecule has 10 heavy (non-hydrogen) atoms. The number of nitrogens with two attached hydrogens (primary N) is 2. The van der Waals surface area contributed by atoms with Crippen LogP contribution in [0, 0.1) is 12.3 Å². The molecule has 0 atom stereocenters. The second-order valence-corrected chi connectivity index (χ2v) is 1.56. The monoisotopic (exact) mass is 141 g/mol. The van der Waals surface area contributed by atoms with Crippen molar-refractivity contribution in [2.24, 2.45) is 16.5 Å². The van der Waals surface area contributed by atoms with E-state index >= 15 is 0 Å². The van der Waals surface area contributed by atoms with Gasteiger partial charge in [0.25, 0.3) is 0 Å². The minimum Gasteiger partial charge on any atom is -0.370 e. The van der Waals surface area contributed by atoms with Gasteiger partial charge in [0.2, 0.25) is 0 Å². The van der Waals surface area contributed by atoms with Crippen LogP contribution in [0.25, 0.3) is 0 Å². The first-order valence-electron chi connectivity index (χ1n) is 2.84. The summed E-state index contributed by atoms with van der Waals surface area (Å²) < 4.78 is 4.88. The Morgan fingerprint density at radius 3 is 2.80 bits per heavy atom. The average molecular weight is 141 g/mol. The fourth-order valence-corrected chi connectivity index (χ4v) is 0.370. The number of nitrogens with zero attached hydrogens (tertiary/aromatic N) is 1. The van der Waals surface area contributed by atoms with E-state index in [0.29, 0.717) is 19.8 Å². The molecule has 0 aliphatic carbocycles. The number of terminal acetylenes is 1. The molecular weight excluding hydrogens is 130 g/mol. The van der Waals surface area contributed by atoms with Crippen LogP contribution in [-0.4, -0.2) is 25.7 Å². The molecule has 0 radical (unpaired) electrons. The predicted molar refractivity (Wildman–Crippen MR) is 40.3 cm³/mol. The van der Waals surface area contributed by atoms with Gasteiger partial charge in [-0.2, -0.15) is 0 Å². The number of rotatable bonds is 4. The molecule has 0 fully saturated rings. The molecule has 0 saturated heterocycles. The van der Waals surface area contributed by atoms with Crippen LogP contribution in [0.5, 0.6) is 0 Å². The van der Waals surface area contributed by atoms with E-state index in [1.54, 1.807) is 0 Å². The summed E-state index contributed by atoms with van der Waals surface area (Å²) in [6.07, 6.45) is 4.91. The first-order chi connectivity index (χ1) is 4.77. The summed E-state index contributed by atoms with van der Waals surface area (Å²) in [5.41, 5.74) is 10.1. The molecule has 0 aromatic heterocycles. The van der Waals surface area contributed by atoms with Gasteiger partial charge in [-0.05, 0) is 0 Å². The van der Waals surface area contributed by atoms with E-state index in [9.17, 15) is 0 Å². The molecule has 0 aromatic carbocycles. The second kappa shape index (κ2) is 5.92.